The molecule has 1 heterocycles. The second-order valence-corrected chi connectivity index (χ2v) is 4.42. The summed E-state index contributed by atoms with van der Waals surface area (Å²) in [5.41, 5.74) is 7.63. The van der Waals surface area contributed by atoms with Crippen molar-refractivity contribution in [2.75, 3.05) is 19.8 Å². The summed E-state index contributed by atoms with van der Waals surface area (Å²) in [7, 11) is 0. The lowest BCUT2D eigenvalue weighted by atomic mass is 10.1. The summed E-state index contributed by atoms with van der Waals surface area (Å²) in [6.07, 6.45) is 3.92. The van der Waals surface area contributed by atoms with Crippen LogP contribution in [0.1, 0.15) is 11.1 Å². The van der Waals surface area contributed by atoms with Crippen molar-refractivity contribution in [3.05, 3.63) is 27.7 Å². The second kappa shape index (κ2) is 4.89. The highest BCUT2D eigenvalue weighted by Gasteiger charge is 2.19. The van der Waals surface area contributed by atoms with Crippen LogP contribution >= 0.6 is 15.9 Å². The average Bonchev–Trinajstić information content (AvgIpc) is 2.32. The van der Waals surface area contributed by atoms with E-state index in [0.717, 1.165) is 27.1 Å². The molecular weight excluding hydrogens is 270 g/mol. The molecule has 2 N–H and O–H groups in total. The quantitative estimate of drug-likeness (QED) is 0.907. The zero-order valence-electron chi connectivity index (χ0n) is 9.13. The number of halogens is 1. The Labute approximate surface area is 103 Å². The van der Waals surface area contributed by atoms with Gasteiger partial charge in [-0.05, 0) is 34.5 Å². The van der Waals surface area contributed by atoms with Gasteiger partial charge in [0.05, 0.1) is 4.47 Å². The summed E-state index contributed by atoms with van der Waals surface area (Å²) < 4.78 is 12.1. The summed E-state index contributed by atoms with van der Waals surface area (Å²) >= 11 is 3.49. The molecule has 0 saturated carbocycles. The third-order valence-corrected chi connectivity index (χ3v) is 3.08. The van der Waals surface area contributed by atoms with Crippen molar-refractivity contribution >= 4 is 22.0 Å². The number of ether oxygens (including phenoxy) is 2. The molecule has 0 atom stereocenters. The van der Waals surface area contributed by atoms with Crippen molar-refractivity contribution in [3.63, 3.8) is 0 Å². The van der Waals surface area contributed by atoms with Gasteiger partial charge in [0.1, 0.15) is 13.2 Å². The molecule has 0 bridgehead atoms. The van der Waals surface area contributed by atoms with Gasteiger partial charge < -0.3 is 15.2 Å². The lowest BCUT2D eigenvalue weighted by Crippen LogP contribution is -2.16. The Bertz CT molecular complexity index is 430. The number of fused-ring (bicyclic) bond motifs is 1. The van der Waals surface area contributed by atoms with Crippen LogP contribution in [0.4, 0.5) is 0 Å². The summed E-state index contributed by atoms with van der Waals surface area (Å²) in [6, 6.07) is 2.02. The SMILES string of the molecule is Cc1c(/C=C/CN)cc(Br)c2c1OCCO2. The van der Waals surface area contributed by atoms with Crippen molar-refractivity contribution < 1.29 is 9.47 Å². The van der Waals surface area contributed by atoms with E-state index in [2.05, 4.69) is 15.9 Å². The van der Waals surface area contributed by atoms with Crippen LogP contribution in [0.2, 0.25) is 0 Å². The fourth-order valence-electron chi connectivity index (χ4n) is 1.68. The molecule has 0 spiro atoms. The Morgan fingerprint density at radius 3 is 2.75 bits per heavy atom. The second-order valence-electron chi connectivity index (χ2n) is 3.57. The summed E-state index contributed by atoms with van der Waals surface area (Å²) in [6.45, 7) is 3.76. The summed E-state index contributed by atoms with van der Waals surface area (Å²) in [5, 5.41) is 0. The zero-order valence-corrected chi connectivity index (χ0v) is 10.7. The third kappa shape index (κ3) is 2.08. The van der Waals surface area contributed by atoms with Crippen LogP contribution in [-0.4, -0.2) is 19.8 Å². The predicted octanol–water partition coefficient (Wildman–Crippen LogP) is 2.50. The molecule has 0 aromatic heterocycles. The third-order valence-electron chi connectivity index (χ3n) is 2.49. The van der Waals surface area contributed by atoms with Crippen LogP contribution in [0, 0.1) is 6.92 Å². The van der Waals surface area contributed by atoms with Crippen molar-refractivity contribution in [2.45, 2.75) is 6.92 Å². The monoisotopic (exact) mass is 283 g/mol. The average molecular weight is 284 g/mol. The maximum atomic E-state index is 5.64. The van der Waals surface area contributed by atoms with Crippen molar-refractivity contribution in [1.29, 1.82) is 0 Å². The van der Waals surface area contributed by atoms with Gasteiger partial charge in [-0.25, -0.2) is 0 Å². The molecule has 3 nitrogen and oxygen atoms in total. The molecule has 0 amide bonds. The molecule has 16 heavy (non-hydrogen) atoms. The van der Waals surface area contributed by atoms with E-state index in [9.17, 15) is 0 Å². The Balaban J connectivity index is 2.49. The standard InChI is InChI=1S/C12H14BrNO2/c1-8-9(3-2-4-14)7-10(13)12-11(8)15-5-6-16-12/h2-3,7H,4-6,14H2,1H3/b3-2+. The van der Waals surface area contributed by atoms with E-state index in [1.54, 1.807) is 0 Å². The summed E-state index contributed by atoms with van der Waals surface area (Å²) in [5.74, 6) is 1.63. The minimum Gasteiger partial charge on any atom is -0.486 e. The van der Waals surface area contributed by atoms with Crippen LogP contribution in [0.25, 0.3) is 6.08 Å². The van der Waals surface area contributed by atoms with Gasteiger partial charge in [0, 0.05) is 12.1 Å². The van der Waals surface area contributed by atoms with E-state index < -0.39 is 0 Å². The van der Waals surface area contributed by atoms with Crippen LogP contribution in [0.5, 0.6) is 11.5 Å². The van der Waals surface area contributed by atoms with Gasteiger partial charge in [0.25, 0.3) is 0 Å². The van der Waals surface area contributed by atoms with Crippen molar-refractivity contribution in [1.82, 2.24) is 0 Å². The predicted molar refractivity (Wildman–Crippen MR) is 68.0 cm³/mol. The molecule has 0 fully saturated rings. The maximum Gasteiger partial charge on any atom is 0.175 e. The minimum atomic E-state index is 0.533. The maximum absolute atomic E-state index is 5.64. The Morgan fingerprint density at radius 1 is 1.38 bits per heavy atom. The highest BCUT2D eigenvalue weighted by Crippen LogP contribution is 2.42. The molecule has 0 aliphatic carbocycles. The van der Waals surface area contributed by atoms with E-state index >= 15 is 0 Å². The molecule has 1 aliphatic heterocycles. The van der Waals surface area contributed by atoms with Gasteiger partial charge in [-0.2, -0.15) is 0 Å². The first-order valence-corrected chi connectivity index (χ1v) is 5.98. The lowest BCUT2D eigenvalue weighted by molar-refractivity contribution is 0.169. The van der Waals surface area contributed by atoms with Crippen LogP contribution < -0.4 is 15.2 Å². The lowest BCUT2D eigenvalue weighted by Gasteiger charge is -2.22. The number of benzene rings is 1. The molecule has 1 aromatic rings. The van der Waals surface area contributed by atoms with E-state index in [-0.39, 0.29) is 0 Å². The largest absolute Gasteiger partial charge is 0.486 e. The van der Waals surface area contributed by atoms with Gasteiger partial charge in [0.15, 0.2) is 11.5 Å². The van der Waals surface area contributed by atoms with Gasteiger partial charge in [-0.15, -0.1) is 0 Å². The van der Waals surface area contributed by atoms with Gasteiger partial charge in [0.2, 0.25) is 0 Å². The molecule has 1 aromatic carbocycles. The zero-order chi connectivity index (χ0) is 11.5. The molecule has 86 valence electrons. The molecule has 1 aliphatic rings. The van der Waals surface area contributed by atoms with Gasteiger partial charge >= 0.3 is 0 Å². The normalized spacial score (nSPS) is 14.4. The Kier molecular flexibility index (Phi) is 3.51. The molecule has 0 saturated heterocycles. The Hall–Kier alpha value is -1.00. The Morgan fingerprint density at radius 2 is 2.06 bits per heavy atom. The molecule has 0 unspecified atom stereocenters. The minimum absolute atomic E-state index is 0.533. The van der Waals surface area contributed by atoms with Crippen LogP contribution in [0.3, 0.4) is 0 Å². The molecular formula is C12H14BrNO2. The molecule has 2 rings (SSSR count). The van der Waals surface area contributed by atoms with E-state index in [0.29, 0.717) is 19.8 Å². The molecule has 4 heteroatoms. The summed E-state index contributed by atoms with van der Waals surface area (Å²) in [4.78, 5) is 0. The van der Waals surface area contributed by atoms with Crippen molar-refractivity contribution in [3.8, 4) is 11.5 Å². The molecule has 0 radical (unpaired) electrons. The smallest absolute Gasteiger partial charge is 0.175 e. The number of hydrogen-bond acceptors (Lipinski definition) is 3. The number of rotatable bonds is 2. The van der Waals surface area contributed by atoms with Crippen molar-refractivity contribution in [2.24, 2.45) is 5.73 Å². The number of nitrogens with two attached hydrogens (primary N) is 1. The first-order chi connectivity index (χ1) is 7.74. The van der Waals surface area contributed by atoms with Crippen LogP contribution in [-0.2, 0) is 0 Å². The van der Waals surface area contributed by atoms with Gasteiger partial charge in [-0.3, -0.25) is 0 Å². The topological polar surface area (TPSA) is 44.5 Å². The number of hydrogen-bond donors (Lipinski definition) is 1. The van der Waals surface area contributed by atoms with E-state index in [4.69, 9.17) is 15.2 Å². The van der Waals surface area contributed by atoms with Gasteiger partial charge in [-0.1, -0.05) is 12.2 Å². The first kappa shape index (κ1) is 11.5. The highest BCUT2D eigenvalue weighted by molar-refractivity contribution is 9.10. The fraction of sp³-hybridized carbons (Fsp3) is 0.333. The van der Waals surface area contributed by atoms with E-state index in [1.165, 1.54) is 0 Å². The first-order valence-electron chi connectivity index (χ1n) is 5.19. The van der Waals surface area contributed by atoms with E-state index in [1.807, 2.05) is 25.1 Å². The fourth-order valence-corrected chi connectivity index (χ4v) is 2.23. The van der Waals surface area contributed by atoms with Crippen LogP contribution in [0.15, 0.2) is 16.6 Å². The highest BCUT2D eigenvalue weighted by atomic mass is 79.9.